The summed E-state index contributed by atoms with van der Waals surface area (Å²) in [4.78, 5) is 9.57. The maximum absolute atomic E-state index is 4.81. The van der Waals surface area contributed by atoms with Crippen LogP contribution in [0.4, 0.5) is 5.82 Å². The van der Waals surface area contributed by atoms with Gasteiger partial charge in [-0.1, -0.05) is 40.0 Å². The fourth-order valence-electron chi connectivity index (χ4n) is 2.67. The van der Waals surface area contributed by atoms with Gasteiger partial charge in [0.2, 0.25) is 0 Å². The summed E-state index contributed by atoms with van der Waals surface area (Å²) >= 11 is 0. The van der Waals surface area contributed by atoms with E-state index in [4.69, 9.17) is 9.97 Å². The van der Waals surface area contributed by atoms with Crippen LogP contribution in [-0.4, -0.2) is 16.5 Å². The third kappa shape index (κ3) is 3.92. The fourth-order valence-corrected chi connectivity index (χ4v) is 2.67. The summed E-state index contributed by atoms with van der Waals surface area (Å²) in [5.41, 5.74) is 1.18. The minimum Gasteiger partial charge on any atom is -0.370 e. The van der Waals surface area contributed by atoms with Gasteiger partial charge in [-0.25, -0.2) is 9.97 Å². The van der Waals surface area contributed by atoms with Gasteiger partial charge in [-0.3, -0.25) is 0 Å². The molecule has 0 saturated heterocycles. The third-order valence-electron chi connectivity index (χ3n) is 3.88. The normalized spacial score (nSPS) is 16.8. The van der Waals surface area contributed by atoms with E-state index in [0.717, 1.165) is 24.6 Å². The van der Waals surface area contributed by atoms with Crippen LogP contribution in [0, 0.1) is 0 Å². The average Bonchev–Trinajstić information content (AvgIpc) is 2.45. The van der Waals surface area contributed by atoms with Crippen molar-refractivity contribution < 1.29 is 0 Å². The van der Waals surface area contributed by atoms with Crippen LogP contribution in [-0.2, 0) is 0 Å². The van der Waals surface area contributed by atoms with Crippen LogP contribution in [0.15, 0.2) is 6.07 Å². The van der Waals surface area contributed by atoms with Gasteiger partial charge in [0.1, 0.15) is 11.6 Å². The van der Waals surface area contributed by atoms with E-state index in [1.807, 2.05) is 0 Å². The second kappa shape index (κ2) is 6.88. The van der Waals surface area contributed by atoms with E-state index >= 15 is 0 Å². The smallest absolute Gasteiger partial charge is 0.134 e. The van der Waals surface area contributed by atoms with Crippen molar-refractivity contribution in [3.8, 4) is 0 Å². The zero-order valence-corrected chi connectivity index (χ0v) is 12.6. The van der Waals surface area contributed by atoms with Crippen molar-refractivity contribution >= 4 is 5.82 Å². The molecule has 2 rings (SSSR count). The first-order chi connectivity index (χ1) is 9.20. The Kier molecular flexibility index (Phi) is 5.17. The zero-order chi connectivity index (χ0) is 13.7. The molecule has 0 amide bonds. The van der Waals surface area contributed by atoms with E-state index in [0.29, 0.717) is 11.8 Å². The lowest BCUT2D eigenvalue weighted by molar-refractivity contribution is 0.427. The van der Waals surface area contributed by atoms with Gasteiger partial charge in [-0.15, -0.1) is 0 Å². The Morgan fingerprint density at radius 2 is 1.95 bits per heavy atom. The van der Waals surface area contributed by atoms with Crippen molar-refractivity contribution in [2.45, 2.75) is 71.1 Å². The quantitative estimate of drug-likeness (QED) is 0.849. The van der Waals surface area contributed by atoms with Crippen molar-refractivity contribution in [2.24, 2.45) is 0 Å². The molecule has 1 N–H and O–H groups in total. The van der Waals surface area contributed by atoms with Crippen LogP contribution in [0.1, 0.15) is 82.7 Å². The Labute approximate surface area is 117 Å². The Balaban J connectivity index is 2.22. The molecule has 0 atom stereocenters. The van der Waals surface area contributed by atoms with Crippen molar-refractivity contribution in [3.63, 3.8) is 0 Å². The predicted octanol–water partition coefficient (Wildman–Crippen LogP) is 4.47. The second-order valence-corrected chi connectivity index (χ2v) is 5.95. The molecular weight excluding hydrogens is 234 g/mol. The molecule has 0 spiro atoms. The fraction of sp³-hybridized carbons (Fsp3) is 0.750. The van der Waals surface area contributed by atoms with Gasteiger partial charge < -0.3 is 5.32 Å². The number of aromatic nitrogens is 2. The molecule has 1 aromatic rings. The van der Waals surface area contributed by atoms with E-state index in [1.165, 1.54) is 37.8 Å². The summed E-state index contributed by atoms with van der Waals surface area (Å²) < 4.78 is 0. The van der Waals surface area contributed by atoms with Gasteiger partial charge in [0.15, 0.2) is 0 Å². The molecule has 19 heavy (non-hydrogen) atoms. The summed E-state index contributed by atoms with van der Waals surface area (Å²) in [5.74, 6) is 3.13. The van der Waals surface area contributed by atoms with Crippen molar-refractivity contribution in [2.75, 3.05) is 11.9 Å². The molecular formula is C16H27N3. The molecule has 106 valence electrons. The lowest BCUT2D eigenvalue weighted by Gasteiger charge is -2.22. The molecule has 1 heterocycles. The van der Waals surface area contributed by atoms with Crippen LogP contribution in [0.25, 0.3) is 0 Å². The summed E-state index contributed by atoms with van der Waals surface area (Å²) in [6, 6.07) is 2.12. The summed E-state index contributed by atoms with van der Waals surface area (Å²) in [6.45, 7) is 7.57. The number of hydrogen-bond donors (Lipinski definition) is 1. The Morgan fingerprint density at radius 3 is 2.58 bits per heavy atom. The molecule has 0 radical (unpaired) electrons. The van der Waals surface area contributed by atoms with Crippen molar-refractivity contribution in [3.05, 3.63) is 17.6 Å². The molecule has 3 heteroatoms. The summed E-state index contributed by atoms with van der Waals surface area (Å²) in [5, 5.41) is 3.42. The lowest BCUT2D eigenvalue weighted by Crippen LogP contribution is -2.13. The molecule has 1 saturated carbocycles. The van der Waals surface area contributed by atoms with E-state index < -0.39 is 0 Å². The van der Waals surface area contributed by atoms with Gasteiger partial charge in [-0.05, 0) is 25.2 Å². The SMILES string of the molecule is CCCNc1cc(C(C)C)nc(C2CCCCC2)n1. The van der Waals surface area contributed by atoms with Crippen LogP contribution < -0.4 is 5.32 Å². The number of anilines is 1. The van der Waals surface area contributed by atoms with E-state index in [2.05, 4.69) is 32.2 Å². The topological polar surface area (TPSA) is 37.8 Å². The number of nitrogens with zero attached hydrogens (tertiary/aromatic N) is 2. The van der Waals surface area contributed by atoms with E-state index in [-0.39, 0.29) is 0 Å². The number of hydrogen-bond acceptors (Lipinski definition) is 3. The first-order valence-corrected chi connectivity index (χ1v) is 7.83. The van der Waals surface area contributed by atoms with Gasteiger partial charge >= 0.3 is 0 Å². The highest BCUT2D eigenvalue weighted by Crippen LogP contribution is 2.32. The van der Waals surface area contributed by atoms with Gasteiger partial charge in [0, 0.05) is 24.2 Å². The van der Waals surface area contributed by atoms with Crippen LogP contribution in [0.5, 0.6) is 0 Å². The summed E-state index contributed by atoms with van der Waals surface area (Å²) in [6.07, 6.45) is 7.68. The molecule has 0 bridgehead atoms. The molecule has 1 aliphatic carbocycles. The summed E-state index contributed by atoms with van der Waals surface area (Å²) in [7, 11) is 0. The number of rotatable bonds is 5. The zero-order valence-electron chi connectivity index (χ0n) is 12.6. The highest BCUT2D eigenvalue weighted by atomic mass is 15.0. The molecule has 1 aliphatic rings. The molecule has 1 fully saturated rings. The van der Waals surface area contributed by atoms with Gasteiger partial charge in [-0.2, -0.15) is 0 Å². The Bertz CT molecular complexity index is 395. The van der Waals surface area contributed by atoms with Crippen LogP contribution in [0.2, 0.25) is 0 Å². The third-order valence-corrected chi connectivity index (χ3v) is 3.88. The minimum atomic E-state index is 0.465. The number of nitrogens with one attached hydrogen (secondary N) is 1. The van der Waals surface area contributed by atoms with Gasteiger partial charge in [0.05, 0.1) is 0 Å². The Morgan fingerprint density at radius 1 is 1.21 bits per heavy atom. The maximum atomic E-state index is 4.81. The van der Waals surface area contributed by atoms with E-state index in [9.17, 15) is 0 Å². The highest BCUT2D eigenvalue weighted by Gasteiger charge is 2.19. The molecule has 0 aliphatic heterocycles. The van der Waals surface area contributed by atoms with Crippen LogP contribution >= 0.6 is 0 Å². The van der Waals surface area contributed by atoms with E-state index in [1.54, 1.807) is 0 Å². The predicted molar refractivity (Wildman–Crippen MR) is 80.7 cm³/mol. The molecule has 0 unspecified atom stereocenters. The molecule has 1 aromatic heterocycles. The van der Waals surface area contributed by atoms with Crippen molar-refractivity contribution in [1.82, 2.24) is 9.97 Å². The Hall–Kier alpha value is -1.12. The second-order valence-electron chi connectivity index (χ2n) is 5.95. The largest absolute Gasteiger partial charge is 0.370 e. The van der Waals surface area contributed by atoms with Crippen molar-refractivity contribution in [1.29, 1.82) is 0 Å². The maximum Gasteiger partial charge on any atom is 0.134 e. The highest BCUT2D eigenvalue weighted by molar-refractivity contribution is 5.37. The molecule has 3 nitrogen and oxygen atoms in total. The van der Waals surface area contributed by atoms with Crippen LogP contribution in [0.3, 0.4) is 0 Å². The standard InChI is InChI=1S/C16H27N3/c1-4-10-17-15-11-14(12(2)3)18-16(19-15)13-8-6-5-7-9-13/h11-13H,4-10H2,1-3H3,(H,17,18,19). The first kappa shape index (κ1) is 14.3. The van der Waals surface area contributed by atoms with Gasteiger partial charge in [0.25, 0.3) is 0 Å². The average molecular weight is 261 g/mol. The minimum absolute atomic E-state index is 0.465. The first-order valence-electron chi connectivity index (χ1n) is 7.83. The molecule has 0 aromatic carbocycles. The lowest BCUT2D eigenvalue weighted by atomic mass is 9.88. The monoisotopic (exact) mass is 261 g/mol.